The number of ether oxygens (including phenoxy) is 1. The molecule has 0 bridgehead atoms. The van der Waals surface area contributed by atoms with Gasteiger partial charge in [0.15, 0.2) is 11.8 Å². The van der Waals surface area contributed by atoms with Crippen molar-refractivity contribution in [3.8, 4) is 0 Å². The molecule has 1 fully saturated rings. The smallest absolute Gasteiger partial charge is 0.387 e. The summed E-state index contributed by atoms with van der Waals surface area (Å²) >= 11 is 0. The third-order valence-electron chi connectivity index (χ3n) is 4.56. The Morgan fingerprint density at radius 2 is 1.82 bits per heavy atom. The molecule has 0 aromatic heterocycles. The van der Waals surface area contributed by atoms with Gasteiger partial charge in [-0.3, -0.25) is 9.42 Å². The van der Waals surface area contributed by atoms with Crippen LogP contribution in [0.15, 0.2) is 24.0 Å². The molecule has 6 atom stereocenters. The Kier molecular flexibility index (Phi) is 7.87. The number of aliphatic hydroxyl groups excluding tert-OH is 1. The minimum Gasteiger partial charge on any atom is -0.387 e. The fraction of sp³-hybridized carbons (Fsp3) is 0.615. The highest BCUT2D eigenvalue weighted by Gasteiger charge is 2.64. The van der Waals surface area contributed by atoms with Crippen LogP contribution in [0.5, 0.6) is 0 Å². The van der Waals surface area contributed by atoms with E-state index in [-0.39, 0.29) is 5.70 Å². The van der Waals surface area contributed by atoms with E-state index >= 15 is 0 Å². The lowest BCUT2D eigenvalue weighted by Gasteiger charge is -2.36. The quantitative estimate of drug-likeness (QED) is 0.189. The first-order chi connectivity index (χ1) is 14.8. The monoisotopic (exact) mass is 542 g/mol. The number of rotatable bonds is 9. The van der Waals surface area contributed by atoms with Crippen molar-refractivity contribution >= 4 is 29.5 Å². The zero-order valence-corrected chi connectivity index (χ0v) is 19.7. The van der Waals surface area contributed by atoms with Crippen LogP contribution in [-0.4, -0.2) is 77.5 Å². The van der Waals surface area contributed by atoms with Crippen LogP contribution >= 0.6 is 23.5 Å². The van der Waals surface area contributed by atoms with Crippen LogP contribution in [-0.2, 0) is 31.6 Å². The number of phosphoric ester groups is 1. The molecule has 0 saturated carbocycles. The van der Waals surface area contributed by atoms with Crippen LogP contribution in [0.25, 0.3) is 0 Å². The molecule has 2 aliphatic heterocycles. The molecular weight excluding hydrogens is 520 g/mol. The molecule has 2 amide bonds. The van der Waals surface area contributed by atoms with E-state index in [1.54, 1.807) is 0 Å². The first-order valence-electron chi connectivity index (χ1n) is 8.65. The molecular formula is C13H22FN2O14P3. The predicted octanol–water partition coefficient (Wildman–Crippen LogP) is -0.0511. The van der Waals surface area contributed by atoms with Gasteiger partial charge < -0.3 is 39.8 Å². The number of nitrogens with one attached hydrogen (secondary N) is 1. The highest BCUT2D eigenvalue weighted by Crippen LogP contribution is 2.66. The third kappa shape index (κ3) is 6.35. The Bertz CT molecular complexity index is 1000. The Balaban J connectivity index is 2.24. The molecule has 3 unspecified atom stereocenters. The molecule has 2 rings (SSSR count). The van der Waals surface area contributed by atoms with Gasteiger partial charge in [0.25, 0.3) is 0 Å². The van der Waals surface area contributed by atoms with E-state index in [4.69, 9.17) is 14.5 Å². The van der Waals surface area contributed by atoms with E-state index in [1.165, 1.54) is 6.92 Å². The lowest BCUT2D eigenvalue weighted by atomic mass is 9.88. The topological polar surface area (TPSA) is 242 Å². The Hall–Kier alpha value is -1.03. The lowest BCUT2D eigenvalue weighted by Crippen LogP contribution is -2.59. The average molecular weight is 542 g/mol. The molecule has 2 heterocycles. The van der Waals surface area contributed by atoms with Crippen molar-refractivity contribution in [2.45, 2.75) is 37.4 Å². The Morgan fingerprint density at radius 3 is 2.33 bits per heavy atom. The summed E-state index contributed by atoms with van der Waals surface area (Å²) in [4.78, 5) is 48.8. The summed E-state index contributed by atoms with van der Waals surface area (Å²) in [6.07, 6.45) is -2.93. The SMILES string of the molecule is C=C1NC(=O)N([C@@H]2O[C@](C)(COP(=O)(O)OP(=O)(O)OP(=O)(O)O)[C@H](O)C2(O)CF)C=C1C. The number of phosphoric acid groups is 3. The largest absolute Gasteiger partial charge is 0.490 e. The normalized spacial score (nSPS) is 34.5. The second kappa shape index (κ2) is 9.21. The van der Waals surface area contributed by atoms with Gasteiger partial charge in [-0.05, 0) is 19.4 Å². The number of nitrogens with zero attached hydrogens (tertiary/aromatic N) is 1. The molecule has 7 N–H and O–H groups in total. The van der Waals surface area contributed by atoms with Crippen molar-refractivity contribution in [1.29, 1.82) is 0 Å². The zero-order valence-electron chi connectivity index (χ0n) is 17.0. The van der Waals surface area contributed by atoms with Crippen LogP contribution in [0, 0.1) is 0 Å². The number of halogens is 1. The van der Waals surface area contributed by atoms with Gasteiger partial charge in [0.05, 0.1) is 6.61 Å². The minimum atomic E-state index is -5.81. The summed E-state index contributed by atoms with van der Waals surface area (Å²) in [7, 11) is -17.0. The number of carbonyl (C=O) groups is 1. The summed E-state index contributed by atoms with van der Waals surface area (Å²) in [6, 6.07) is -0.910. The molecule has 33 heavy (non-hydrogen) atoms. The minimum absolute atomic E-state index is 0.203. The fourth-order valence-corrected chi connectivity index (χ4v) is 6.07. The third-order valence-corrected chi connectivity index (χ3v) is 8.34. The van der Waals surface area contributed by atoms with Crippen molar-refractivity contribution in [2.24, 2.45) is 0 Å². The zero-order chi connectivity index (χ0) is 25.6. The number of amides is 2. The highest BCUT2D eigenvalue weighted by molar-refractivity contribution is 7.66. The summed E-state index contributed by atoms with van der Waals surface area (Å²) < 4.78 is 64.8. The molecule has 2 aliphatic rings. The van der Waals surface area contributed by atoms with Crippen molar-refractivity contribution in [2.75, 3.05) is 13.3 Å². The second-order valence-corrected chi connectivity index (χ2v) is 11.7. The molecule has 1 saturated heterocycles. The number of carbonyl (C=O) groups excluding carboxylic acids is 1. The number of hydrogen-bond donors (Lipinski definition) is 7. The maximum absolute atomic E-state index is 13.8. The molecule has 20 heteroatoms. The van der Waals surface area contributed by atoms with Crippen LogP contribution in [0.4, 0.5) is 9.18 Å². The van der Waals surface area contributed by atoms with E-state index in [1.807, 2.05) is 0 Å². The van der Waals surface area contributed by atoms with Crippen molar-refractivity contribution < 1.29 is 70.5 Å². The number of aliphatic hydroxyl groups is 2. The van der Waals surface area contributed by atoms with E-state index in [0.29, 0.717) is 10.5 Å². The maximum Gasteiger partial charge on any atom is 0.490 e. The van der Waals surface area contributed by atoms with Gasteiger partial charge in [0, 0.05) is 11.9 Å². The standard InChI is InChI=1S/C13H22FN2O14P3/c1-7-4-16(11(18)15-8(7)2)10-13(19,5-14)9(17)12(3,28-10)6-27-32(23,24)30-33(25,26)29-31(20,21)22/h4,9-10,17,19H,2,5-6H2,1,3H3,(H,15,18)(H,23,24)(H,25,26)(H2,20,21,22)/t9-,10+,12+,13?/m0/s1. The van der Waals surface area contributed by atoms with Crippen LogP contribution in [0.1, 0.15) is 13.8 Å². The van der Waals surface area contributed by atoms with Gasteiger partial charge >= 0.3 is 29.5 Å². The predicted molar refractivity (Wildman–Crippen MR) is 103 cm³/mol. The fourth-order valence-electron chi connectivity index (χ4n) is 2.96. The molecule has 0 aromatic rings. The number of allylic oxidation sites excluding steroid dienone is 1. The Morgan fingerprint density at radius 1 is 1.24 bits per heavy atom. The van der Waals surface area contributed by atoms with Crippen molar-refractivity contribution in [3.05, 3.63) is 24.0 Å². The molecule has 0 spiro atoms. The van der Waals surface area contributed by atoms with Crippen LogP contribution in [0.3, 0.4) is 0 Å². The summed E-state index contributed by atoms with van der Waals surface area (Å²) in [5, 5.41) is 23.5. The van der Waals surface area contributed by atoms with Gasteiger partial charge in [0.2, 0.25) is 0 Å². The second-order valence-electron chi connectivity index (χ2n) is 7.30. The van der Waals surface area contributed by atoms with Crippen LogP contribution < -0.4 is 5.32 Å². The summed E-state index contributed by atoms with van der Waals surface area (Å²) in [5.41, 5.74) is -4.39. The first kappa shape index (κ1) is 28.2. The molecule has 0 aromatic carbocycles. The molecule has 16 nitrogen and oxygen atoms in total. The van der Waals surface area contributed by atoms with Crippen molar-refractivity contribution in [1.82, 2.24) is 10.2 Å². The lowest BCUT2D eigenvalue weighted by molar-refractivity contribution is -0.134. The van der Waals surface area contributed by atoms with Crippen LogP contribution in [0.2, 0.25) is 0 Å². The highest BCUT2D eigenvalue weighted by atomic mass is 31.3. The van der Waals surface area contributed by atoms with Gasteiger partial charge in [-0.1, -0.05) is 6.58 Å². The summed E-state index contributed by atoms with van der Waals surface area (Å²) in [6.45, 7) is 3.21. The molecule has 0 radical (unpaired) electrons. The van der Waals surface area contributed by atoms with Crippen molar-refractivity contribution in [3.63, 3.8) is 0 Å². The molecule has 0 aliphatic carbocycles. The van der Waals surface area contributed by atoms with E-state index in [0.717, 1.165) is 13.1 Å². The van der Waals surface area contributed by atoms with Gasteiger partial charge in [0.1, 0.15) is 18.4 Å². The van der Waals surface area contributed by atoms with E-state index in [2.05, 4.69) is 25.0 Å². The number of urea groups is 1. The van der Waals surface area contributed by atoms with E-state index in [9.17, 15) is 42.9 Å². The number of hydrogen-bond acceptors (Lipinski definition) is 10. The van der Waals surface area contributed by atoms with Gasteiger partial charge in [-0.2, -0.15) is 8.62 Å². The number of alkyl halides is 1. The summed E-state index contributed by atoms with van der Waals surface area (Å²) in [5.74, 6) is 0. The van der Waals surface area contributed by atoms with E-state index < -0.39 is 66.3 Å². The maximum atomic E-state index is 13.8. The van der Waals surface area contributed by atoms with Gasteiger partial charge in [-0.15, -0.1) is 0 Å². The average Bonchev–Trinajstić information content (AvgIpc) is 2.82. The first-order valence-corrected chi connectivity index (χ1v) is 13.2. The Labute approximate surface area is 185 Å². The van der Waals surface area contributed by atoms with Gasteiger partial charge in [-0.25, -0.2) is 22.9 Å². The molecule has 190 valence electrons.